The number of aliphatic hydroxyl groups is 1. The van der Waals surface area contributed by atoms with Gasteiger partial charge in [0.1, 0.15) is 0 Å². The number of piperidine rings is 1. The van der Waals surface area contributed by atoms with Crippen molar-refractivity contribution < 1.29 is 19.3 Å². The fourth-order valence-electron chi connectivity index (χ4n) is 7.73. The van der Waals surface area contributed by atoms with Crippen LogP contribution in [-0.2, 0) is 31.2 Å². The second-order valence-corrected chi connectivity index (χ2v) is 12.5. The molecule has 2 aromatic carbocycles. The van der Waals surface area contributed by atoms with Crippen LogP contribution in [0.4, 0.5) is 0 Å². The van der Waals surface area contributed by atoms with Gasteiger partial charge < -0.3 is 24.2 Å². The van der Waals surface area contributed by atoms with Crippen molar-refractivity contribution >= 4 is 0 Å². The van der Waals surface area contributed by atoms with Crippen molar-refractivity contribution in [3.05, 3.63) is 100 Å². The van der Waals surface area contributed by atoms with Crippen molar-refractivity contribution in [1.29, 1.82) is 0 Å². The summed E-state index contributed by atoms with van der Waals surface area (Å²) >= 11 is 0. The van der Waals surface area contributed by atoms with E-state index in [0.29, 0.717) is 38.6 Å². The number of rotatable bonds is 4. The fraction of sp³-hybridized carbons (Fsp3) is 0.469. The fourth-order valence-corrected chi connectivity index (χ4v) is 7.73. The molecule has 4 fully saturated rings. The van der Waals surface area contributed by atoms with E-state index in [0.717, 1.165) is 37.2 Å². The monoisotopic (exact) mass is 510 g/mol. The standard InChI is InChI=1S/C32H34N2O4/c1-29-19-36-32(37-20-29,38-21-29)23-14-22(16-33-17-23)31(35)10-12-34(13-11-31)18-30-15-26(24-6-2-4-8-27(24)30)25-7-3-5-9-28(25)30/h2-9,14,16-17,26,35H,10-13,15,18-21H2,1H3. The molecule has 0 unspecified atom stereocenters. The third kappa shape index (κ3) is 3.21. The van der Waals surface area contributed by atoms with Crippen molar-refractivity contribution in [2.24, 2.45) is 5.41 Å². The highest BCUT2D eigenvalue weighted by atomic mass is 16.9. The van der Waals surface area contributed by atoms with E-state index in [1.807, 2.05) is 6.07 Å². The third-order valence-electron chi connectivity index (χ3n) is 9.89. The zero-order chi connectivity index (χ0) is 25.6. The smallest absolute Gasteiger partial charge is 0.313 e. The third-order valence-corrected chi connectivity index (χ3v) is 9.89. The molecule has 5 heterocycles. The Bertz CT molecular complexity index is 1340. The number of benzene rings is 2. The zero-order valence-electron chi connectivity index (χ0n) is 21.9. The average Bonchev–Trinajstić information content (AvgIpc) is 3.47. The summed E-state index contributed by atoms with van der Waals surface area (Å²) in [5.41, 5.74) is 6.53. The van der Waals surface area contributed by atoms with E-state index in [-0.39, 0.29) is 10.8 Å². The first-order valence-corrected chi connectivity index (χ1v) is 13.9. The van der Waals surface area contributed by atoms with Crippen LogP contribution in [0.1, 0.15) is 65.5 Å². The first kappa shape index (κ1) is 23.3. The van der Waals surface area contributed by atoms with Crippen LogP contribution in [0.3, 0.4) is 0 Å². The number of aromatic nitrogens is 1. The van der Waals surface area contributed by atoms with Gasteiger partial charge in [-0.25, -0.2) is 0 Å². The Morgan fingerprint density at radius 3 is 2.08 bits per heavy atom. The van der Waals surface area contributed by atoms with Crippen molar-refractivity contribution in [2.75, 3.05) is 39.5 Å². The number of fused-ring (bicyclic) bond motifs is 11. The Kier molecular flexibility index (Phi) is 4.88. The lowest BCUT2D eigenvalue weighted by Crippen LogP contribution is -2.57. The summed E-state index contributed by atoms with van der Waals surface area (Å²) in [6.07, 6.45) is 6.00. The average molecular weight is 511 g/mol. The van der Waals surface area contributed by atoms with Crippen LogP contribution in [0.5, 0.6) is 0 Å². The summed E-state index contributed by atoms with van der Waals surface area (Å²) in [7, 11) is 0. The molecule has 1 N–H and O–H groups in total. The Labute approximate surface area is 223 Å². The molecule has 6 aliphatic rings. The predicted octanol–water partition coefficient (Wildman–Crippen LogP) is 4.39. The number of hydrogen-bond donors (Lipinski definition) is 1. The zero-order valence-corrected chi connectivity index (χ0v) is 21.9. The molecular formula is C32H34N2O4. The minimum atomic E-state index is -1.21. The molecule has 9 rings (SSSR count). The van der Waals surface area contributed by atoms with Gasteiger partial charge in [-0.2, -0.15) is 0 Å². The van der Waals surface area contributed by atoms with Crippen molar-refractivity contribution in [1.82, 2.24) is 9.88 Å². The van der Waals surface area contributed by atoms with Gasteiger partial charge in [0.05, 0.1) is 31.0 Å². The molecule has 38 heavy (non-hydrogen) atoms. The van der Waals surface area contributed by atoms with Crippen molar-refractivity contribution in [2.45, 2.75) is 49.1 Å². The molecule has 0 amide bonds. The van der Waals surface area contributed by atoms with Gasteiger partial charge >= 0.3 is 5.97 Å². The van der Waals surface area contributed by atoms with Crippen LogP contribution in [0, 0.1) is 5.41 Å². The summed E-state index contributed by atoms with van der Waals surface area (Å²) in [5, 5.41) is 11.8. The lowest BCUT2D eigenvalue weighted by atomic mass is 9.74. The molecule has 3 aromatic rings. The second kappa shape index (κ2) is 7.96. The predicted molar refractivity (Wildman–Crippen MR) is 142 cm³/mol. The molecule has 6 heteroatoms. The summed E-state index contributed by atoms with van der Waals surface area (Å²) in [6.45, 7) is 6.54. The van der Waals surface area contributed by atoms with Crippen LogP contribution < -0.4 is 0 Å². The van der Waals surface area contributed by atoms with Gasteiger partial charge in [-0.1, -0.05) is 55.5 Å². The summed E-state index contributed by atoms with van der Waals surface area (Å²) < 4.78 is 18.1. The van der Waals surface area contributed by atoms with Gasteiger partial charge in [0.25, 0.3) is 0 Å². The summed E-state index contributed by atoms with van der Waals surface area (Å²) in [5.74, 6) is -0.708. The number of likely N-dealkylation sites (tertiary alicyclic amines) is 1. The molecule has 0 atom stereocenters. The highest BCUT2D eigenvalue weighted by Crippen LogP contribution is 2.60. The van der Waals surface area contributed by atoms with Gasteiger partial charge in [0, 0.05) is 54.3 Å². The molecule has 196 valence electrons. The topological polar surface area (TPSA) is 64.1 Å². The Hall–Kier alpha value is -2.61. The molecule has 1 aromatic heterocycles. The van der Waals surface area contributed by atoms with Gasteiger partial charge in [-0.15, -0.1) is 0 Å². The van der Waals surface area contributed by atoms with Crippen LogP contribution in [-0.4, -0.2) is 54.4 Å². The lowest BCUT2D eigenvalue weighted by Gasteiger charge is -2.50. The van der Waals surface area contributed by atoms with Crippen LogP contribution in [0.15, 0.2) is 67.0 Å². The van der Waals surface area contributed by atoms with Gasteiger partial charge in [-0.3, -0.25) is 4.98 Å². The first-order chi connectivity index (χ1) is 18.4. The van der Waals surface area contributed by atoms with E-state index in [1.165, 1.54) is 22.3 Å². The largest absolute Gasteiger partial charge is 0.385 e. The Balaban J connectivity index is 1.03. The minimum absolute atomic E-state index is 0.0381. The maximum Gasteiger partial charge on any atom is 0.313 e. The van der Waals surface area contributed by atoms with Crippen LogP contribution in [0.2, 0.25) is 0 Å². The molecule has 4 aliphatic heterocycles. The van der Waals surface area contributed by atoms with Crippen molar-refractivity contribution in [3.8, 4) is 0 Å². The Morgan fingerprint density at radius 1 is 0.868 bits per heavy atom. The number of nitrogens with zero attached hydrogens (tertiary/aromatic N) is 2. The van der Waals surface area contributed by atoms with E-state index >= 15 is 0 Å². The van der Waals surface area contributed by atoms with Gasteiger partial charge in [0.15, 0.2) is 0 Å². The second-order valence-electron chi connectivity index (χ2n) is 12.5. The number of pyridine rings is 1. The Morgan fingerprint density at radius 2 is 1.45 bits per heavy atom. The van der Waals surface area contributed by atoms with E-state index in [4.69, 9.17) is 14.2 Å². The minimum Gasteiger partial charge on any atom is -0.385 e. The van der Waals surface area contributed by atoms with E-state index in [9.17, 15) is 5.11 Å². The molecular weight excluding hydrogens is 476 g/mol. The summed E-state index contributed by atoms with van der Waals surface area (Å²) in [6, 6.07) is 20.0. The molecule has 0 spiro atoms. The number of ether oxygens (including phenoxy) is 3. The summed E-state index contributed by atoms with van der Waals surface area (Å²) in [4.78, 5) is 7.04. The molecule has 4 bridgehead atoms. The van der Waals surface area contributed by atoms with Crippen molar-refractivity contribution in [3.63, 3.8) is 0 Å². The first-order valence-electron chi connectivity index (χ1n) is 13.9. The van der Waals surface area contributed by atoms with Crippen LogP contribution in [0.25, 0.3) is 0 Å². The van der Waals surface area contributed by atoms with E-state index in [1.54, 1.807) is 12.4 Å². The van der Waals surface area contributed by atoms with Crippen LogP contribution >= 0.6 is 0 Å². The highest BCUT2D eigenvalue weighted by Gasteiger charge is 2.54. The van der Waals surface area contributed by atoms with E-state index < -0.39 is 11.6 Å². The molecule has 6 nitrogen and oxygen atoms in total. The molecule has 0 radical (unpaired) electrons. The maximum atomic E-state index is 11.8. The van der Waals surface area contributed by atoms with Gasteiger partial charge in [0.2, 0.25) is 0 Å². The number of hydrogen-bond acceptors (Lipinski definition) is 6. The normalized spacial score (nSPS) is 34.7. The SMILES string of the molecule is CC12COC(c3cncc(C4(O)CCN(CC56CC(c7ccccc75)c5ccccc56)CC4)c3)(OC1)OC2. The highest BCUT2D eigenvalue weighted by molar-refractivity contribution is 5.63. The van der Waals surface area contributed by atoms with E-state index in [2.05, 4.69) is 65.3 Å². The molecule has 2 aliphatic carbocycles. The lowest BCUT2D eigenvalue weighted by molar-refractivity contribution is -0.477. The molecule has 0 saturated carbocycles. The van der Waals surface area contributed by atoms with Gasteiger partial charge in [-0.05, 0) is 47.6 Å². The quantitative estimate of drug-likeness (QED) is 0.562. The molecule has 4 saturated heterocycles. The maximum absolute atomic E-state index is 11.8.